The number of hydrogen-bond donors (Lipinski definition) is 1. The van der Waals surface area contributed by atoms with Crippen molar-refractivity contribution in [3.63, 3.8) is 0 Å². The van der Waals surface area contributed by atoms with E-state index in [4.69, 9.17) is 17.3 Å². The molecule has 18 heavy (non-hydrogen) atoms. The Labute approximate surface area is 113 Å². The fourth-order valence-corrected chi connectivity index (χ4v) is 2.74. The van der Waals surface area contributed by atoms with Crippen LogP contribution in [-0.2, 0) is 7.05 Å². The minimum atomic E-state index is 0.231. The Morgan fingerprint density at radius 3 is 2.61 bits per heavy atom. The molecule has 0 spiro atoms. The molecule has 0 bridgehead atoms. The van der Waals surface area contributed by atoms with Crippen molar-refractivity contribution in [2.24, 2.45) is 12.8 Å². The minimum absolute atomic E-state index is 0.231. The first-order valence-corrected chi connectivity index (χ1v) is 6.45. The SMILES string of the molecule is Cc1c(Cl)ccc2c(C(CN)N(C)C)cn(C)c12. The van der Waals surface area contributed by atoms with Crippen LogP contribution in [0.1, 0.15) is 17.2 Å². The third-order valence-corrected chi connectivity index (χ3v) is 3.98. The first-order chi connectivity index (χ1) is 8.47. The number of aryl methyl sites for hydroxylation is 2. The molecule has 1 aromatic heterocycles. The number of hydrogen-bond acceptors (Lipinski definition) is 2. The van der Waals surface area contributed by atoms with Crippen LogP contribution in [0, 0.1) is 6.92 Å². The molecule has 0 aliphatic heterocycles. The molecule has 2 rings (SSSR count). The summed E-state index contributed by atoms with van der Waals surface area (Å²) in [7, 11) is 6.16. The van der Waals surface area contributed by atoms with E-state index in [2.05, 4.69) is 49.8 Å². The van der Waals surface area contributed by atoms with Crippen molar-refractivity contribution < 1.29 is 0 Å². The summed E-state index contributed by atoms with van der Waals surface area (Å²) < 4.78 is 2.14. The van der Waals surface area contributed by atoms with Gasteiger partial charge in [0.05, 0.1) is 5.52 Å². The van der Waals surface area contributed by atoms with Gasteiger partial charge in [0.1, 0.15) is 0 Å². The minimum Gasteiger partial charge on any atom is -0.350 e. The average Bonchev–Trinajstić information content (AvgIpc) is 2.62. The predicted octanol–water partition coefficient (Wildman–Crippen LogP) is 2.70. The van der Waals surface area contributed by atoms with Crippen LogP contribution in [0.5, 0.6) is 0 Å². The van der Waals surface area contributed by atoms with Crippen molar-refractivity contribution >= 4 is 22.5 Å². The number of nitrogens with two attached hydrogens (primary N) is 1. The lowest BCUT2D eigenvalue weighted by Crippen LogP contribution is -2.26. The lowest BCUT2D eigenvalue weighted by atomic mass is 10.0. The number of benzene rings is 1. The summed E-state index contributed by atoms with van der Waals surface area (Å²) in [6.07, 6.45) is 2.16. The van der Waals surface area contributed by atoms with Gasteiger partial charge in [-0.25, -0.2) is 0 Å². The van der Waals surface area contributed by atoms with E-state index in [1.54, 1.807) is 0 Å². The smallest absolute Gasteiger partial charge is 0.0525 e. The number of aromatic nitrogens is 1. The Bertz CT molecular complexity index is 572. The van der Waals surface area contributed by atoms with Crippen LogP contribution in [0.2, 0.25) is 5.02 Å². The van der Waals surface area contributed by atoms with E-state index in [-0.39, 0.29) is 6.04 Å². The van der Waals surface area contributed by atoms with Gasteiger partial charge >= 0.3 is 0 Å². The van der Waals surface area contributed by atoms with Gasteiger partial charge in [0.15, 0.2) is 0 Å². The molecule has 0 saturated carbocycles. The van der Waals surface area contributed by atoms with Crippen LogP contribution < -0.4 is 5.73 Å². The molecular weight excluding hydrogens is 246 g/mol. The van der Waals surface area contributed by atoms with Crippen LogP contribution >= 0.6 is 11.6 Å². The van der Waals surface area contributed by atoms with Crippen molar-refractivity contribution in [2.45, 2.75) is 13.0 Å². The van der Waals surface area contributed by atoms with Gasteiger partial charge in [0.25, 0.3) is 0 Å². The number of halogens is 1. The highest BCUT2D eigenvalue weighted by Gasteiger charge is 2.19. The van der Waals surface area contributed by atoms with Gasteiger partial charge in [-0.3, -0.25) is 0 Å². The Balaban J connectivity index is 2.71. The molecule has 2 aromatic rings. The Morgan fingerprint density at radius 2 is 2.06 bits per heavy atom. The van der Waals surface area contributed by atoms with Gasteiger partial charge in [0, 0.05) is 36.2 Å². The van der Waals surface area contributed by atoms with Crippen molar-refractivity contribution in [1.82, 2.24) is 9.47 Å². The molecule has 0 aliphatic rings. The predicted molar refractivity (Wildman–Crippen MR) is 78.1 cm³/mol. The monoisotopic (exact) mass is 265 g/mol. The second-order valence-electron chi connectivity index (χ2n) is 4.98. The third kappa shape index (κ3) is 2.03. The maximum Gasteiger partial charge on any atom is 0.0525 e. The van der Waals surface area contributed by atoms with Crippen molar-refractivity contribution in [3.05, 3.63) is 34.5 Å². The summed E-state index contributed by atoms with van der Waals surface area (Å²) in [6.45, 7) is 2.66. The zero-order chi connectivity index (χ0) is 13.4. The van der Waals surface area contributed by atoms with Gasteiger partial charge in [0.2, 0.25) is 0 Å². The van der Waals surface area contributed by atoms with Crippen molar-refractivity contribution in [3.8, 4) is 0 Å². The first kappa shape index (κ1) is 13.4. The quantitative estimate of drug-likeness (QED) is 0.926. The molecule has 0 aliphatic carbocycles. The molecule has 1 atom stereocenters. The molecule has 1 heterocycles. The van der Waals surface area contributed by atoms with Crippen LogP contribution in [0.15, 0.2) is 18.3 Å². The average molecular weight is 266 g/mol. The summed E-state index contributed by atoms with van der Waals surface area (Å²) in [5.41, 5.74) is 9.48. The van der Waals surface area contributed by atoms with E-state index in [9.17, 15) is 0 Å². The van der Waals surface area contributed by atoms with Gasteiger partial charge in [-0.2, -0.15) is 0 Å². The van der Waals surface area contributed by atoms with Crippen LogP contribution in [0.25, 0.3) is 10.9 Å². The van der Waals surface area contributed by atoms with E-state index in [1.807, 2.05) is 6.07 Å². The summed E-state index contributed by atoms with van der Waals surface area (Å²) >= 11 is 6.20. The van der Waals surface area contributed by atoms with E-state index in [0.717, 1.165) is 10.6 Å². The number of rotatable bonds is 3. The molecular formula is C14H20ClN3. The van der Waals surface area contributed by atoms with E-state index < -0.39 is 0 Å². The number of fused-ring (bicyclic) bond motifs is 1. The Hall–Kier alpha value is -1.03. The second-order valence-corrected chi connectivity index (χ2v) is 5.39. The van der Waals surface area contributed by atoms with Gasteiger partial charge in [-0.05, 0) is 38.2 Å². The molecule has 1 unspecified atom stereocenters. The molecule has 0 amide bonds. The highest BCUT2D eigenvalue weighted by Crippen LogP contribution is 2.32. The van der Waals surface area contributed by atoms with Gasteiger partial charge in [-0.1, -0.05) is 17.7 Å². The summed E-state index contributed by atoms with van der Waals surface area (Å²) in [5.74, 6) is 0. The van der Waals surface area contributed by atoms with Crippen molar-refractivity contribution in [1.29, 1.82) is 0 Å². The standard InChI is InChI=1S/C14H20ClN3/c1-9-12(15)6-5-10-11(8-18(4)14(9)10)13(7-16)17(2)3/h5-6,8,13H,7,16H2,1-4H3. The zero-order valence-electron chi connectivity index (χ0n) is 11.4. The molecule has 1 aromatic carbocycles. The van der Waals surface area contributed by atoms with Crippen molar-refractivity contribution in [2.75, 3.05) is 20.6 Å². The molecule has 3 nitrogen and oxygen atoms in total. The zero-order valence-corrected chi connectivity index (χ0v) is 12.1. The fourth-order valence-electron chi connectivity index (χ4n) is 2.59. The van der Waals surface area contributed by atoms with Crippen LogP contribution in [0.4, 0.5) is 0 Å². The molecule has 4 heteroatoms. The number of nitrogens with zero attached hydrogens (tertiary/aromatic N) is 2. The Morgan fingerprint density at radius 1 is 1.39 bits per heavy atom. The topological polar surface area (TPSA) is 34.2 Å². The van der Waals surface area contributed by atoms with E-state index in [0.29, 0.717) is 6.54 Å². The second kappa shape index (κ2) is 4.92. The maximum absolute atomic E-state index is 6.20. The lowest BCUT2D eigenvalue weighted by Gasteiger charge is -2.22. The molecule has 0 fully saturated rings. The normalized spacial score (nSPS) is 13.5. The highest BCUT2D eigenvalue weighted by atomic mass is 35.5. The van der Waals surface area contributed by atoms with Gasteiger partial charge < -0.3 is 15.2 Å². The summed E-state index contributed by atoms with van der Waals surface area (Å²) in [5, 5.41) is 2.05. The molecule has 2 N–H and O–H groups in total. The Kier molecular flexibility index (Phi) is 3.66. The summed E-state index contributed by atoms with van der Waals surface area (Å²) in [4.78, 5) is 2.15. The van der Waals surface area contributed by atoms with Crippen LogP contribution in [0.3, 0.4) is 0 Å². The van der Waals surface area contributed by atoms with E-state index >= 15 is 0 Å². The third-order valence-electron chi connectivity index (χ3n) is 3.57. The largest absolute Gasteiger partial charge is 0.350 e. The first-order valence-electron chi connectivity index (χ1n) is 6.08. The van der Waals surface area contributed by atoms with Gasteiger partial charge in [-0.15, -0.1) is 0 Å². The summed E-state index contributed by atoms with van der Waals surface area (Å²) in [6, 6.07) is 4.28. The highest BCUT2D eigenvalue weighted by molar-refractivity contribution is 6.32. The molecule has 0 saturated heterocycles. The number of likely N-dealkylation sites (N-methyl/N-ethyl adjacent to an activating group) is 1. The maximum atomic E-state index is 6.20. The fraction of sp³-hybridized carbons (Fsp3) is 0.429. The van der Waals surface area contributed by atoms with Crippen LogP contribution in [-0.4, -0.2) is 30.1 Å². The lowest BCUT2D eigenvalue weighted by molar-refractivity contribution is 0.307. The molecule has 98 valence electrons. The van der Waals surface area contributed by atoms with E-state index in [1.165, 1.54) is 16.5 Å². The molecule has 0 radical (unpaired) electrons.